The number of nitrogens with zero attached hydrogens (tertiary/aromatic N) is 3. The van der Waals surface area contributed by atoms with E-state index in [9.17, 15) is 8.76 Å². The molecule has 19 heavy (non-hydrogen) atoms. The van der Waals surface area contributed by atoms with Gasteiger partial charge in [0.15, 0.2) is 0 Å². The van der Waals surface area contributed by atoms with Gasteiger partial charge in [-0.1, -0.05) is 18.2 Å². The molecule has 2 atom stereocenters. The summed E-state index contributed by atoms with van der Waals surface area (Å²) < 4.78 is 29.1. The summed E-state index contributed by atoms with van der Waals surface area (Å²) in [5.41, 5.74) is 0.828. The van der Waals surface area contributed by atoms with Crippen LogP contribution in [0.5, 0.6) is 0 Å². The second kappa shape index (κ2) is 5.20. The Morgan fingerprint density at radius 3 is 2.84 bits per heavy atom. The Kier molecular flexibility index (Phi) is 3.41. The Morgan fingerprint density at radius 1 is 1.32 bits per heavy atom. The van der Waals surface area contributed by atoms with Crippen LogP contribution in [0.25, 0.3) is 11.5 Å². The van der Waals surface area contributed by atoms with Gasteiger partial charge in [0.05, 0.1) is 6.04 Å². The lowest BCUT2D eigenvalue weighted by molar-refractivity contribution is 0.322. The van der Waals surface area contributed by atoms with Crippen LogP contribution in [0.3, 0.4) is 0 Å². The van der Waals surface area contributed by atoms with E-state index in [1.165, 1.54) is 4.31 Å². The fraction of sp³-hybridized carbons (Fsp3) is 0.333. The monoisotopic (exact) mass is 278 g/mol. The molecule has 3 rings (SSSR count). The maximum atomic E-state index is 11.1. The third-order valence-electron chi connectivity index (χ3n) is 3.14. The Balaban J connectivity index is 1.87. The predicted octanol–water partition coefficient (Wildman–Crippen LogP) is 1.67. The molecule has 7 heteroatoms. The van der Waals surface area contributed by atoms with Crippen molar-refractivity contribution < 1.29 is 13.2 Å². The minimum absolute atomic E-state index is 0.330. The first-order chi connectivity index (χ1) is 9.25. The second-order valence-corrected chi connectivity index (χ2v) is 5.23. The summed E-state index contributed by atoms with van der Waals surface area (Å²) in [7, 11) is 0. The number of benzene rings is 1. The maximum Gasteiger partial charge on any atom is 0.247 e. The van der Waals surface area contributed by atoms with Crippen LogP contribution < -0.4 is 0 Å². The van der Waals surface area contributed by atoms with Crippen LogP contribution in [-0.2, 0) is 11.3 Å². The van der Waals surface area contributed by atoms with E-state index in [4.69, 9.17) is 4.42 Å². The van der Waals surface area contributed by atoms with Gasteiger partial charge in [0.2, 0.25) is 11.8 Å². The fourth-order valence-electron chi connectivity index (χ4n) is 2.23. The minimum atomic E-state index is -2.25. The van der Waals surface area contributed by atoms with Crippen LogP contribution in [0.1, 0.15) is 24.8 Å². The van der Waals surface area contributed by atoms with Gasteiger partial charge in [0.1, 0.15) is 0 Å². The molecule has 0 aliphatic carbocycles. The average molecular weight is 278 g/mol. The van der Waals surface area contributed by atoms with Gasteiger partial charge < -0.3 is 8.97 Å². The molecule has 0 N–H and O–H groups in total. The van der Waals surface area contributed by atoms with E-state index in [2.05, 4.69) is 10.2 Å². The van der Waals surface area contributed by atoms with Crippen molar-refractivity contribution in [1.29, 1.82) is 0 Å². The van der Waals surface area contributed by atoms with E-state index in [1.54, 1.807) is 0 Å². The van der Waals surface area contributed by atoms with E-state index in [0.29, 0.717) is 24.7 Å². The first-order valence-electron chi connectivity index (χ1n) is 6.00. The van der Waals surface area contributed by atoms with Crippen LogP contribution in [0.15, 0.2) is 34.7 Å². The molecule has 0 bridgehead atoms. The van der Waals surface area contributed by atoms with Crippen LogP contribution in [0.4, 0.5) is 0 Å². The third-order valence-corrected chi connectivity index (χ3v) is 3.96. The summed E-state index contributed by atoms with van der Waals surface area (Å²) in [4.78, 5) is 0. The summed E-state index contributed by atoms with van der Waals surface area (Å²) in [6.45, 7) is 0.504. The second-order valence-electron chi connectivity index (χ2n) is 4.33. The normalized spacial score (nSPS) is 21.6. The number of rotatable bonds is 3. The van der Waals surface area contributed by atoms with E-state index in [1.807, 2.05) is 30.3 Å². The van der Waals surface area contributed by atoms with Crippen LogP contribution in [-0.4, -0.2) is 29.8 Å². The van der Waals surface area contributed by atoms with Gasteiger partial charge in [0, 0.05) is 23.4 Å². The molecule has 1 saturated heterocycles. The lowest BCUT2D eigenvalue weighted by Gasteiger charge is -2.22. The highest BCUT2D eigenvalue weighted by atomic mass is 32.2. The largest absolute Gasteiger partial charge is 0.760 e. The van der Waals surface area contributed by atoms with Gasteiger partial charge in [-0.25, -0.2) is 4.31 Å². The molecule has 2 aromatic rings. The SMILES string of the molecule is O=S([O-])N1CCCC1c1nnc(-c2ccccc2)o1. The third kappa shape index (κ3) is 2.44. The van der Waals surface area contributed by atoms with Crippen LogP contribution >= 0.6 is 0 Å². The quantitative estimate of drug-likeness (QED) is 0.797. The summed E-state index contributed by atoms with van der Waals surface area (Å²) in [5, 5.41) is 7.96. The summed E-state index contributed by atoms with van der Waals surface area (Å²) in [6.07, 6.45) is 1.52. The molecule has 2 unspecified atom stereocenters. The lowest BCUT2D eigenvalue weighted by Crippen LogP contribution is -2.25. The number of aromatic nitrogens is 2. The molecule has 1 aliphatic heterocycles. The number of hydrogen-bond donors (Lipinski definition) is 0. The molecular formula is C12H12N3O3S-. The molecule has 0 amide bonds. The molecule has 0 radical (unpaired) electrons. The van der Waals surface area contributed by atoms with Gasteiger partial charge in [-0.2, -0.15) is 0 Å². The first-order valence-corrected chi connectivity index (χ1v) is 7.04. The zero-order valence-electron chi connectivity index (χ0n) is 10.1. The summed E-state index contributed by atoms with van der Waals surface area (Å²) in [5.74, 6) is 0.777. The fourth-order valence-corrected chi connectivity index (χ4v) is 2.91. The average Bonchev–Trinajstić information content (AvgIpc) is 3.08. The topological polar surface area (TPSA) is 82.3 Å². The summed E-state index contributed by atoms with van der Waals surface area (Å²) in [6, 6.07) is 9.08. The molecule has 1 aliphatic rings. The zero-order valence-corrected chi connectivity index (χ0v) is 10.9. The molecule has 100 valence electrons. The van der Waals surface area contributed by atoms with Crippen molar-refractivity contribution in [1.82, 2.24) is 14.5 Å². The van der Waals surface area contributed by atoms with Gasteiger partial charge in [-0.15, -0.1) is 10.2 Å². The minimum Gasteiger partial charge on any atom is -0.760 e. The van der Waals surface area contributed by atoms with Crippen LogP contribution in [0.2, 0.25) is 0 Å². The van der Waals surface area contributed by atoms with Crippen molar-refractivity contribution in [3.05, 3.63) is 36.2 Å². The Labute approximate surface area is 112 Å². The zero-order chi connectivity index (χ0) is 13.2. The molecule has 1 fully saturated rings. The van der Waals surface area contributed by atoms with Crippen LogP contribution in [0, 0.1) is 0 Å². The highest BCUT2D eigenvalue weighted by Crippen LogP contribution is 2.33. The van der Waals surface area contributed by atoms with Gasteiger partial charge in [-0.3, -0.25) is 4.21 Å². The lowest BCUT2D eigenvalue weighted by atomic mass is 10.2. The van der Waals surface area contributed by atoms with Crippen molar-refractivity contribution in [3.8, 4) is 11.5 Å². The van der Waals surface area contributed by atoms with E-state index in [0.717, 1.165) is 12.0 Å². The first kappa shape index (κ1) is 12.5. The maximum absolute atomic E-state index is 11.1. The van der Waals surface area contributed by atoms with E-state index in [-0.39, 0.29) is 6.04 Å². The number of hydrogen-bond acceptors (Lipinski definition) is 5. The Hall–Kier alpha value is -1.57. The van der Waals surface area contributed by atoms with Crippen molar-refractivity contribution >= 4 is 11.3 Å². The summed E-state index contributed by atoms with van der Waals surface area (Å²) >= 11 is -2.25. The molecule has 1 aromatic carbocycles. The van der Waals surface area contributed by atoms with E-state index >= 15 is 0 Å². The highest BCUT2D eigenvalue weighted by molar-refractivity contribution is 7.76. The molecule has 0 spiro atoms. The van der Waals surface area contributed by atoms with Crippen molar-refractivity contribution in [2.45, 2.75) is 18.9 Å². The standard InChI is InChI=1S/C12H13N3O3S/c16-19(17)15-8-4-7-10(15)12-14-13-11(18-12)9-5-2-1-3-6-9/h1-3,5-6,10H,4,7-8H2,(H,16,17)/p-1. The molecule has 2 heterocycles. The molecule has 1 aromatic heterocycles. The van der Waals surface area contributed by atoms with E-state index < -0.39 is 11.3 Å². The molecular weight excluding hydrogens is 266 g/mol. The predicted molar refractivity (Wildman–Crippen MR) is 67.3 cm³/mol. The van der Waals surface area contributed by atoms with Gasteiger partial charge in [0.25, 0.3) is 0 Å². The Morgan fingerprint density at radius 2 is 2.11 bits per heavy atom. The van der Waals surface area contributed by atoms with Crippen molar-refractivity contribution in [2.75, 3.05) is 6.54 Å². The van der Waals surface area contributed by atoms with Gasteiger partial charge >= 0.3 is 0 Å². The van der Waals surface area contributed by atoms with Crippen molar-refractivity contribution in [3.63, 3.8) is 0 Å². The smallest absolute Gasteiger partial charge is 0.247 e. The van der Waals surface area contributed by atoms with Gasteiger partial charge in [-0.05, 0) is 25.0 Å². The Bertz CT molecular complexity index is 587. The molecule has 6 nitrogen and oxygen atoms in total. The van der Waals surface area contributed by atoms with Crippen molar-refractivity contribution in [2.24, 2.45) is 0 Å². The highest BCUT2D eigenvalue weighted by Gasteiger charge is 2.31. The molecule has 0 saturated carbocycles.